The minimum Gasteiger partial charge on any atom is -0.382 e. The molecule has 16 heavy (non-hydrogen) atoms. The second kappa shape index (κ2) is 4.15. The van der Waals surface area contributed by atoms with Crippen LogP contribution in [-0.4, -0.2) is 31.7 Å². The second-order valence-electron chi connectivity index (χ2n) is 4.82. The third-order valence-electron chi connectivity index (χ3n) is 3.81. The predicted molar refractivity (Wildman–Crippen MR) is 56.7 cm³/mol. The number of hydrogen-bond donors (Lipinski definition) is 0. The van der Waals surface area contributed by atoms with E-state index in [1.807, 2.05) is 0 Å². The summed E-state index contributed by atoms with van der Waals surface area (Å²) in [6, 6.07) is 2.31. The van der Waals surface area contributed by atoms with Gasteiger partial charge in [-0.15, -0.1) is 0 Å². The number of carbonyl (C=O) groups excluding carboxylic acids is 1. The zero-order valence-corrected chi connectivity index (χ0v) is 9.62. The lowest BCUT2D eigenvalue weighted by Crippen LogP contribution is -2.60. The molecular weight excluding hydrogens is 206 g/mol. The fourth-order valence-electron chi connectivity index (χ4n) is 2.84. The maximum absolute atomic E-state index is 11.2. The van der Waals surface area contributed by atoms with Gasteiger partial charge in [-0.25, -0.2) is 0 Å². The Labute approximate surface area is 95.5 Å². The maximum atomic E-state index is 11.2. The molecule has 0 bridgehead atoms. The lowest BCUT2D eigenvalue weighted by Gasteiger charge is -2.51. The number of rotatable bonds is 3. The van der Waals surface area contributed by atoms with E-state index >= 15 is 0 Å². The van der Waals surface area contributed by atoms with Crippen LogP contribution in [0.5, 0.6) is 0 Å². The van der Waals surface area contributed by atoms with Crippen molar-refractivity contribution in [2.75, 3.05) is 20.3 Å². The first-order chi connectivity index (χ1) is 7.68. The number of hydrogen-bond acceptors (Lipinski definition) is 4. The van der Waals surface area contributed by atoms with E-state index in [-0.39, 0.29) is 5.78 Å². The van der Waals surface area contributed by atoms with Crippen molar-refractivity contribution in [3.63, 3.8) is 0 Å². The van der Waals surface area contributed by atoms with Gasteiger partial charge in [0.1, 0.15) is 16.8 Å². The van der Waals surface area contributed by atoms with Gasteiger partial charge in [0.25, 0.3) is 0 Å². The van der Waals surface area contributed by atoms with E-state index in [4.69, 9.17) is 9.47 Å². The summed E-state index contributed by atoms with van der Waals surface area (Å²) in [5.41, 5.74) is -1.19. The SMILES string of the molecule is COCC1(C2(C#N)CC(=O)C2)CCCCO1. The molecule has 4 heteroatoms. The van der Waals surface area contributed by atoms with Gasteiger partial charge < -0.3 is 9.47 Å². The average Bonchev–Trinajstić information content (AvgIpc) is 2.26. The summed E-state index contributed by atoms with van der Waals surface area (Å²) in [6.07, 6.45) is 3.54. The van der Waals surface area contributed by atoms with E-state index in [1.165, 1.54) is 0 Å². The quantitative estimate of drug-likeness (QED) is 0.726. The number of Topliss-reactive ketones (excluding diaryl/α,β-unsaturated/α-hetero) is 1. The normalized spacial score (nSPS) is 32.9. The monoisotopic (exact) mass is 223 g/mol. The Morgan fingerprint density at radius 2 is 2.25 bits per heavy atom. The Kier molecular flexibility index (Phi) is 3.00. The molecule has 2 rings (SSSR count). The van der Waals surface area contributed by atoms with Crippen LogP contribution in [0, 0.1) is 16.7 Å². The molecule has 0 spiro atoms. The Morgan fingerprint density at radius 1 is 1.50 bits per heavy atom. The molecule has 1 unspecified atom stereocenters. The van der Waals surface area contributed by atoms with E-state index in [0.29, 0.717) is 26.1 Å². The van der Waals surface area contributed by atoms with E-state index in [0.717, 1.165) is 19.3 Å². The fraction of sp³-hybridized carbons (Fsp3) is 0.833. The molecule has 2 aliphatic rings. The highest BCUT2D eigenvalue weighted by atomic mass is 16.5. The summed E-state index contributed by atoms with van der Waals surface area (Å²) >= 11 is 0. The molecule has 1 heterocycles. The van der Waals surface area contributed by atoms with Crippen molar-refractivity contribution in [1.29, 1.82) is 5.26 Å². The van der Waals surface area contributed by atoms with Crippen LogP contribution in [0.15, 0.2) is 0 Å². The molecule has 0 amide bonds. The van der Waals surface area contributed by atoms with Gasteiger partial charge in [-0.1, -0.05) is 0 Å². The topological polar surface area (TPSA) is 59.3 Å². The molecule has 88 valence electrons. The standard InChI is InChI=1S/C12H17NO3/c1-15-9-12(4-2-3-5-16-12)11(8-13)6-10(14)7-11/h2-7,9H2,1H3. The predicted octanol–water partition coefficient (Wildman–Crippen LogP) is 1.44. The Morgan fingerprint density at radius 3 is 2.69 bits per heavy atom. The first-order valence-electron chi connectivity index (χ1n) is 5.74. The first kappa shape index (κ1) is 11.6. The zero-order chi connectivity index (χ0) is 11.6. The van der Waals surface area contributed by atoms with Gasteiger partial charge in [0.2, 0.25) is 0 Å². The van der Waals surface area contributed by atoms with Crippen molar-refractivity contribution in [1.82, 2.24) is 0 Å². The highest BCUT2D eigenvalue weighted by Gasteiger charge is 2.60. The summed E-state index contributed by atoms with van der Waals surface area (Å²) in [5, 5.41) is 9.36. The molecule has 0 radical (unpaired) electrons. The molecule has 1 saturated carbocycles. The molecule has 1 aliphatic heterocycles. The maximum Gasteiger partial charge on any atom is 0.136 e. The number of nitriles is 1. The average molecular weight is 223 g/mol. The van der Waals surface area contributed by atoms with Gasteiger partial charge in [0.15, 0.2) is 0 Å². The first-order valence-corrected chi connectivity index (χ1v) is 5.74. The van der Waals surface area contributed by atoms with Crippen molar-refractivity contribution < 1.29 is 14.3 Å². The van der Waals surface area contributed by atoms with Gasteiger partial charge in [-0.2, -0.15) is 5.26 Å². The third kappa shape index (κ3) is 1.55. The molecular formula is C12H17NO3. The minimum absolute atomic E-state index is 0.159. The van der Waals surface area contributed by atoms with Gasteiger partial charge in [-0.3, -0.25) is 4.79 Å². The smallest absolute Gasteiger partial charge is 0.136 e. The van der Waals surface area contributed by atoms with Crippen molar-refractivity contribution in [2.24, 2.45) is 5.41 Å². The van der Waals surface area contributed by atoms with Crippen LogP contribution < -0.4 is 0 Å². The Bertz CT molecular complexity index is 312. The fourth-order valence-corrected chi connectivity index (χ4v) is 2.84. The lowest BCUT2D eigenvalue weighted by molar-refractivity contribution is -0.193. The highest BCUT2D eigenvalue weighted by Crippen LogP contribution is 2.52. The van der Waals surface area contributed by atoms with Crippen LogP contribution in [0.4, 0.5) is 0 Å². The molecule has 0 aromatic heterocycles. The summed E-state index contributed by atoms with van der Waals surface area (Å²) in [4.78, 5) is 11.2. The van der Waals surface area contributed by atoms with Crippen molar-refractivity contribution in [3.05, 3.63) is 0 Å². The van der Waals surface area contributed by atoms with Gasteiger partial charge in [0, 0.05) is 26.6 Å². The number of nitrogens with zero attached hydrogens (tertiary/aromatic N) is 1. The molecule has 0 aromatic rings. The van der Waals surface area contributed by atoms with Crippen LogP contribution >= 0.6 is 0 Å². The van der Waals surface area contributed by atoms with Crippen LogP contribution in [-0.2, 0) is 14.3 Å². The summed E-state index contributed by atoms with van der Waals surface area (Å²) in [7, 11) is 1.62. The lowest BCUT2D eigenvalue weighted by atomic mass is 9.57. The number of ether oxygens (including phenoxy) is 2. The molecule has 0 aromatic carbocycles. The number of ketones is 1. The molecule has 4 nitrogen and oxygen atoms in total. The van der Waals surface area contributed by atoms with E-state index in [1.54, 1.807) is 7.11 Å². The van der Waals surface area contributed by atoms with E-state index < -0.39 is 11.0 Å². The Hall–Kier alpha value is -0.920. The van der Waals surface area contributed by atoms with Crippen molar-refractivity contribution in [3.8, 4) is 6.07 Å². The van der Waals surface area contributed by atoms with Gasteiger partial charge >= 0.3 is 0 Å². The van der Waals surface area contributed by atoms with Crippen LogP contribution in [0.2, 0.25) is 0 Å². The summed E-state index contributed by atoms with van der Waals surface area (Å²) in [6.45, 7) is 1.08. The summed E-state index contributed by atoms with van der Waals surface area (Å²) in [5.74, 6) is 0.159. The van der Waals surface area contributed by atoms with E-state index in [9.17, 15) is 10.1 Å². The van der Waals surface area contributed by atoms with Crippen molar-refractivity contribution in [2.45, 2.75) is 37.7 Å². The van der Waals surface area contributed by atoms with Crippen LogP contribution in [0.3, 0.4) is 0 Å². The van der Waals surface area contributed by atoms with Crippen LogP contribution in [0.25, 0.3) is 0 Å². The highest BCUT2D eigenvalue weighted by molar-refractivity contribution is 5.88. The number of methoxy groups -OCH3 is 1. The van der Waals surface area contributed by atoms with E-state index in [2.05, 4.69) is 6.07 Å². The van der Waals surface area contributed by atoms with Gasteiger partial charge in [0.05, 0.1) is 12.7 Å². The van der Waals surface area contributed by atoms with Crippen molar-refractivity contribution >= 4 is 5.78 Å². The second-order valence-corrected chi connectivity index (χ2v) is 4.82. The molecule has 0 N–H and O–H groups in total. The van der Waals surface area contributed by atoms with Gasteiger partial charge in [-0.05, 0) is 19.3 Å². The zero-order valence-electron chi connectivity index (χ0n) is 9.62. The Balaban J connectivity index is 2.24. The third-order valence-corrected chi connectivity index (χ3v) is 3.81. The molecule has 1 saturated heterocycles. The van der Waals surface area contributed by atoms with Crippen LogP contribution in [0.1, 0.15) is 32.1 Å². The minimum atomic E-state index is -0.638. The largest absolute Gasteiger partial charge is 0.382 e. The molecule has 1 atom stereocenters. The summed E-state index contributed by atoms with van der Waals surface area (Å²) < 4.78 is 11.1. The molecule has 2 fully saturated rings. The molecule has 1 aliphatic carbocycles. The number of carbonyl (C=O) groups is 1.